The number of pyridine rings is 2. The average Bonchev–Trinajstić information content (AvgIpc) is 2.68. The van der Waals surface area contributed by atoms with Crippen LogP contribution in [0.2, 0.25) is 0 Å². The molecule has 2 aromatic heterocycles. The van der Waals surface area contributed by atoms with Crippen LogP contribution in [-0.2, 0) is 0 Å². The lowest BCUT2D eigenvalue weighted by Crippen LogP contribution is -2.19. The fraction of sp³-hybridized carbons (Fsp3) is 0.250. The van der Waals surface area contributed by atoms with Crippen LogP contribution in [0.5, 0.6) is 11.5 Å². The van der Waals surface area contributed by atoms with E-state index in [9.17, 15) is 4.79 Å². The van der Waals surface area contributed by atoms with Crippen LogP contribution in [0.1, 0.15) is 10.4 Å². The Morgan fingerprint density at radius 2 is 2.00 bits per heavy atom. The standard InChI is InChI=1S/C20H22N4O3/c1-24(2)9-10-27-15-6-7-17(19(12-15)26-3)23-20(25)14-11-18-16(22-13-14)5-4-8-21-18/h4-8,11-13H,9-10H2,1-3H3,(H,23,25). The Balaban J connectivity index is 1.74. The lowest BCUT2D eigenvalue weighted by molar-refractivity contribution is 0.102. The molecular formula is C20H22N4O3. The van der Waals surface area contributed by atoms with E-state index in [0.29, 0.717) is 34.9 Å². The summed E-state index contributed by atoms with van der Waals surface area (Å²) >= 11 is 0. The van der Waals surface area contributed by atoms with Crippen molar-refractivity contribution in [2.75, 3.05) is 39.7 Å². The quantitative estimate of drug-likeness (QED) is 0.693. The molecule has 0 unspecified atom stereocenters. The maximum Gasteiger partial charge on any atom is 0.257 e. The molecule has 0 spiro atoms. The third-order valence-electron chi connectivity index (χ3n) is 3.94. The minimum atomic E-state index is -0.283. The van der Waals surface area contributed by atoms with E-state index in [-0.39, 0.29) is 5.91 Å². The lowest BCUT2D eigenvalue weighted by atomic mass is 10.2. The second-order valence-corrected chi connectivity index (χ2v) is 6.23. The van der Waals surface area contributed by atoms with Gasteiger partial charge in [0, 0.05) is 25.0 Å². The molecule has 0 aliphatic rings. The molecule has 3 aromatic rings. The van der Waals surface area contributed by atoms with Crippen molar-refractivity contribution in [1.29, 1.82) is 0 Å². The predicted octanol–water partition coefficient (Wildman–Crippen LogP) is 2.83. The first-order chi connectivity index (χ1) is 13.1. The van der Waals surface area contributed by atoms with Crippen LogP contribution in [0.25, 0.3) is 11.0 Å². The molecule has 7 nitrogen and oxygen atoms in total. The van der Waals surface area contributed by atoms with Gasteiger partial charge < -0.3 is 19.7 Å². The minimum absolute atomic E-state index is 0.283. The van der Waals surface area contributed by atoms with Crippen LogP contribution in [-0.4, -0.2) is 55.1 Å². The van der Waals surface area contributed by atoms with Crippen molar-refractivity contribution >= 4 is 22.6 Å². The topological polar surface area (TPSA) is 76.6 Å². The van der Waals surface area contributed by atoms with Crippen molar-refractivity contribution in [1.82, 2.24) is 14.9 Å². The van der Waals surface area contributed by atoms with E-state index >= 15 is 0 Å². The average molecular weight is 366 g/mol. The Hall–Kier alpha value is -3.19. The summed E-state index contributed by atoms with van der Waals surface area (Å²) in [5, 5.41) is 2.85. The van der Waals surface area contributed by atoms with Gasteiger partial charge in [-0.15, -0.1) is 0 Å². The number of aromatic nitrogens is 2. The van der Waals surface area contributed by atoms with Gasteiger partial charge in [0.15, 0.2) is 0 Å². The van der Waals surface area contributed by atoms with Crippen molar-refractivity contribution in [2.45, 2.75) is 0 Å². The number of likely N-dealkylation sites (N-methyl/N-ethyl adjacent to an activating group) is 1. The number of ether oxygens (including phenoxy) is 2. The molecule has 1 N–H and O–H groups in total. The number of anilines is 1. The predicted molar refractivity (Wildman–Crippen MR) is 105 cm³/mol. The summed E-state index contributed by atoms with van der Waals surface area (Å²) < 4.78 is 11.1. The second kappa shape index (κ2) is 8.46. The van der Waals surface area contributed by atoms with E-state index in [1.165, 1.54) is 6.20 Å². The molecule has 0 saturated heterocycles. The number of hydrogen-bond acceptors (Lipinski definition) is 6. The molecule has 0 atom stereocenters. The number of nitrogens with zero attached hydrogens (tertiary/aromatic N) is 3. The Labute approximate surface area is 157 Å². The lowest BCUT2D eigenvalue weighted by Gasteiger charge is -2.14. The van der Waals surface area contributed by atoms with E-state index < -0.39 is 0 Å². The van der Waals surface area contributed by atoms with Gasteiger partial charge in [0.2, 0.25) is 0 Å². The first-order valence-corrected chi connectivity index (χ1v) is 8.54. The highest BCUT2D eigenvalue weighted by molar-refractivity contribution is 6.06. The van der Waals surface area contributed by atoms with E-state index in [1.807, 2.05) is 31.1 Å². The maximum atomic E-state index is 12.6. The number of nitrogens with one attached hydrogen (secondary N) is 1. The van der Waals surface area contributed by atoms with E-state index in [0.717, 1.165) is 12.1 Å². The van der Waals surface area contributed by atoms with Crippen LogP contribution < -0.4 is 14.8 Å². The molecular weight excluding hydrogens is 344 g/mol. The number of benzene rings is 1. The summed E-state index contributed by atoms with van der Waals surface area (Å²) in [7, 11) is 5.52. The van der Waals surface area contributed by atoms with Gasteiger partial charge in [0.25, 0.3) is 5.91 Å². The van der Waals surface area contributed by atoms with E-state index in [2.05, 4.69) is 15.3 Å². The SMILES string of the molecule is COc1cc(OCCN(C)C)ccc1NC(=O)c1cnc2cccnc2c1. The third-order valence-corrected chi connectivity index (χ3v) is 3.94. The van der Waals surface area contributed by atoms with Gasteiger partial charge in [0.1, 0.15) is 18.1 Å². The third kappa shape index (κ3) is 4.71. The molecule has 0 bridgehead atoms. The van der Waals surface area contributed by atoms with Crippen LogP contribution in [0.4, 0.5) is 5.69 Å². The van der Waals surface area contributed by atoms with Gasteiger partial charge in [-0.05, 0) is 44.4 Å². The summed E-state index contributed by atoms with van der Waals surface area (Å²) in [6.45, 7) is 1.38. The van der Waals surface area contributed by atoms with Crippen LogP contribution in [0.15, 0.2) is 48.8 Å². The summed E-state index contributed by atoms with van der Waals surface area (Å²) in [5.41, 5.74) is 2.39. The zero-order chi connectivity index (χ0) is 19.2. The number of hydrogen-bond donors (Lipinski definition) is 1. The summed E-state index contributed by atoms with van der Waals surface area (Å²) in [6.07, 6.45) is 3.20. The fourth-order valence-corrected chi connectivity index (χ4v) is 2.48. The Kier molecular flexibility index (Phi) is 5.83. The number of carbonyl (C=O) groups excluding carboxylic acids is 1. The largest absolute Gasteiger partial charge is 0.494 e. The highest BCUT2D eigenvalue weighted by atomic mass is 16.5. The highest BCUT2D eigenvalue weighted by Crippen LogP contribution is 2.29. The van der Waals surface area contributed by atoms with Crippen molar-refractivity contribution < 1.29 is 14.3 Å². The van der Waals surface area contributed by atoms with Crippen LogP contribution >= 0.6 is 0 Å². The van der Waals surface area contributed by atoms with E-state index in [1.54, 1.807) is 37.6 Å². The Bertz CT molecular complexity index is 943. The van der Waals surface area contributed by atoms with Gasteiger partial charge >= 0.3 is 0 Å². The molecule has 0 aliphatic carbocycles. The van der Waals surface area contributed by atoms with Gasteiger partial charge in [-0.1, -0.05) is 0 Å². The zero-order valence-electron chi connectivity index (χ0n) is 15.6. The molecule has 0 radical (unpaired) electrons. The highest BCUT2D eigenvalue weighted by Gasteiger charge is 2.12. The molecule has 1 amide bonds. The molecule has 0 aliphatic heterocycles. The van der Waals surface area contributed by atoms with Crippen molar-refractivity contribution in [3.05, 3.63) is 54.4 Å². The maximum absolute atomic E-state index is 12.6. The molecule has 2 heterocycles. The summed E-state index contributed by atoms with van der Waals surface area (Å²) in [4.78, 5) is 23.1. The molecule has 1 aromatic carbocycles. The molecule has 27 heavy (non-hydrogen) atoms. The van der Waals surface area contributed by atoms with Crippen LogP contribution in [0.3, 0.4) is 0 Å². The second-order valence-electron chi connectivity index (χ2n) is 6.23. The molecule has 140 valence electrons. The van der Waals surface area contributed by atoms with Gasteiger partial charge in [-0.2, -0.15) is 0 Å². The van der Waals surface area contributed by atoms with Gasteiger partial charge in [-0.3, -0.25) is 14.8 Å². The van der Waals surface area contributed by atoms with E-state index in [4.69, 9.17) is 9.47 Å². The fourth-order valence-electron chi connectivity index (χ4n) is 2.48. The Morgan fingerprint density at radius 3 is 2.78 bits per heavy atom. The zero-order valence-corrected chi connectivity index (χ0v) is 15.6. The van der Waals surface area contributed by atoms with Crippen LogP contribution in [0, 0.1) is 0 Å². The van der Waals surface area contributed by atoms with Crippen molar-refractivity contribution in [3.8, 4) is 11.5 Å². The summed E-state index contributed by atoms with van der Waals surface area (Å²) in [5.74, 6) is 0.926. The molecule has 0 fully saturated rings. The Morgan fingerprint density at radius 1 is 1.15 bits per heavy atom. The molecule has 7 heteroatoms. The smallest absolute Gasteiger partial charge is 0.257 e. The number of amides is 1. The van der Waals surface area contributed by atoms with Gasteiger partial charge in [0.05, 0.1) is 29.4 Å². The number of carbonyl (C=O) groups is 1. The number of rotatable bonds is 7. The number of fused-ring (bicyclic) bond motifs is 1. The first kappa shape index (κ1) is 18.6. The molecule has 0 saturated carbocycles. The van der Waals surface area contributed by atoms with Crippen molar-refractivity contribution in [3.63, 3.8) is 0 Å². The first-order valence-electron chi connectivity index (χ1n) is 8.54. The minimum Gasteiger partial charge on any atom is -0.494 e. The molecule has 3 rings (SSSR count). The van der Waals surface area contributed by atoms with Crippen molar-refractivity contribution in [2.24, 2.45) is 0 Å². The normalized spacial score (nSPS) is 10.8. The number of methoxy groups -OCH3 is 1. The van der Waals surface area contributed by atoms with Gasteiger partial charge in [-0.25, -0.2) is 0 Å². The monoisotopic (exact) mass is 366 g/mol. The summed E-state index contributed by atoms with van der Waals surface area (Å²) in [6, 6.07) is 10.7.